The molecule has 3 aromatic heterocycles. The molecule has 4 aromatic rings. The van der Waals surface area contributed by atoms with Crippen LogP contribution in [0, 0.1) is 12.7 Å². The summed E-state index contributed by atoms with van der Waals surface area (Å²) in [5.41, 5.74) is 5.27. The molecule has 31 heavy (non-hydrogen) atoms. The summed E-state index contributed by atoms with van der Waals surface area (Å²) < 4.78 is 16.9. The Balaban J connectivity index is 1.71. The van der Waals surface area contributed by atoms with Crippen molar-refractivity contribution in [3.05, 3.63) is 47.8 Å². The van der Waals surface area contributed by atoms with Gasteiger partial charge in [0, 0.05) is 24.7 Å². The molecule has 0 saturated carbocycles. The fourth-order valence-corrected chi connectivity index (χ4v) is 3.68. The van der Waals surface area contributed by atoms with Gasteiger partial charge in [-0.15, -0.1) is 5.46 Å². The van der Waals surface area contributed by atoms with E-state index in [1.165, 1.54) is 0 Å². The molecule has 3 heterocycles. The predicted octanol–water partition coefficient (Wildman–Crippen LogP) is -3.24. The van der Waals surface area contributed by atoms with Crippen molar-refractivity contribution >= 4 is 75.9 Å². The van der Waals surface area contributed by atoms with E-state index in [1.807, 2.05) is 46.4 Å². The molecule has 0 bridgehead atoms. The van der Waals surface area contributed by atoms with E-state index in [9.17, 15) is 9.18 Å². The molecule has 0 aliphatic rings. The second-order valence-corrected chi connectivity index (χ2v) is 7.85. The number of amides is 1. The van der Waals surface area contributed by atoms with Gasteiger partial charge in [0.25, 0.3) is 5.91 Å². The Kier molecular flexibility index (Phi) is 5.21. The van der Waals surface area contributed by atoms with Gasteiger partial charge in [-0.25, -0.2) is 19.3 Å². The number of fused-ring (bicyclic) bond motifs is 1. The van der Waals surface area contributed by atoms with Crippen LogP contribution in [0.15, 0.2) is 30.6 Å². The van der Waals surface area contributed by atoms with E-state index in [-0.39, 0.29) is 5.56 Å². The molecule has 0 fully saturated rings. The molecule has 0 atom stereocenters. The number of hydrogen-bond acceptors (Lipinski definition) is 4. The predicted molar refractivity (Wildman–Crippen MR) is 134 cm³/mol. The highest BCUT2D eigenvalue weighted by Gasteiger charge is 2.20. The van der Waals surface area contributed by atoms with Crippen molar-refractivity contribution < 1.29 is 9.18 Å². The number of nitrogens with one attached hydrogen (secondary N) is 1. The van der Waals surface area contributed by atoms with Gasteiger partial charge >= 0.3 is 0 Å². The second kappa shape index (κ2) is 7.72. The topological polar surface area (TPSA) is 72.7 Å². The lowest BCUT2D eigenvalue weighted by atomic mass is 9.65. The molecule has 1 N–H and O–H groups in total. The van der Waals surface area contributed by atoms with E-state index in [0.717, 1.165) is 33.5 Å². The first-order valence-electron chi connectivity index (χ1n) is 10.0. The Labute approximate surface area is 183 Å². The smallest absolute Gasteiger partial charge is 0.259 e. The zero-order valence-corrected chi connectivity index (χ0v) is 18.5. The van der Waals surface area contributed by atoms with Crippen molar-refractivity contribution in [2.75, 3.05) is 5.32 Å². The van der Waals surface area contributed by atoms with Crippen LogP contribution < -0.4 is 27.2 Å². The first kappa shape index (κ1) is 20.9. The Hall–Kier alpha value is -3.35. The molecule has 0 aliphatic carbocycles. The summed E-state index contributed by atoms with van der Waals surface area (Å²) in [6.45, 7) is 1.93. The van der Waals surface area contributed by atoms with Crippen molar-refractivity contribution in [3.8, 4) is 11.4 Å². The summed E-state index contributed by atoms with van der Waals surface area (Å²) in [5, 5.41) is 3.57. The van der Waals surface area contributed by atoms with Gasteiger partial charge in [0.2, 0.25) is 0 Å². The number of hydrogen-bond donors (Lipinski definition) is 1. The number of benzene rings is 1. The van der Waals surface area contributed by atoms with Gasteiger partial charge in [0.05, 0.1) is 28.7 Å². The van der Waals surface area contributed by atoms with E-state index in [4.69, 9.17) is 4.98 Å². The zero-order chi connectivity index (χ0) is 22.4. The van der Waals surface area contributed by atoms with Gasteiger partial charge in [-0.1, -0.05) is 16.4 Å². The van der Waals surface area contributed by atoms with Crippen LogP contribution in [0.5, 0.6) is 0 Å². The summed E-state index contributed by atoms with van der Waals surface area (Å²) in [5.74, 6) is 0.191. The van der Waals surface area contributed by atoms with E-state index >= 15 is 0 Å². The number of imidazole rings is 1. The molecule has 0 aliphatic heterocycles. The van der Waals surface area contributed by atoms with Gasteiger partial charge in [-0.2, -0.15) is 0 Å². The lowest BCUT2D eigenvalue weighted by molar-refractivity contribution is 0.102. The van der Waals surface area contributed by atoms with E-state index in [1.54, 1.807) is 34.2 Å². The average molecular weight is 409 g/mol. The summed E-state index contributed by atoms with van der Waals surface area (Å²) in [4.78, 5) is 26.3. The SMILES string of the molecule is Bc1c(B)c(B)c(C(=O)Nc2cc3nc(-c4cnc(C)n4C)ccc3cn2)c(F)c1B. The third-order valence-electron chi connectivity index (χ3n) is 6.14. The van der Waals surface area contributed by atoms with Crippen molar-refractivity contribution in [1.29, 1.82) is 0 Å². The third kappa shape index (κ3) is 3.54. The highest BCUT2D eigenvalue weighted by Crippen LogP contribution is 2.22. The van der Waals surface area contributed by atoms with Gasteiger partial charge < -0.3 is 9.88 Å². The summed E-state index contributed by atoms with van der Waals surface area (Å²) in [7, 11) is 9.14. The number of rotatable bonds is 3. The normalized spacial score (nSPS) is 11.1. The molecule has 150 valence electrons. The number of carbonyl (C=O) groups is 1. The number of nitrogens with zero attached hydrogens (tertiary/aromatic N) is 4. The maximum atomic E-state index is 14.9. The molecule has 0 saturated heterocycles. The van der Waals surface area contributed by atoms with Crippen LogP contribution in [0.3, 0.4) is 0 Å². The van der Waals surface area contributed by atoms with Crippen molar-refractivity contribution in [2.24, 2.45) is 7.05 Å². The van der Waals surface area contributed by atoms with Gasteiger partial charge in [0.1, 0.15) is 48.8 Å². The van der Waals surface area contributed by atoms with Crippen LogP contribution in [0.2, 0.25) is 0 Å². The fourth-order valence-electron chi connectivity index (χ4n) is 3.68. The van der Waals surface area contributed by atoms with Crippen LogP contribution in [0.4, 0.5) is 10.2 Å². The minimum atomic E-state index is -0.522. The van der Waals surface area contributed by atoms with Crippen molar-refractivity contribution in [2.45, 2.75) is 6.92 Å². The molecule has 4 rings (SSSR count). The molecule has 0 radical (unpaired) electrons. The standard InChI is InChI=1S/C20H20B4FN5O/c1-8-26-7-12(30(8)2)10-4-3-9-6-27-13(5-11(9)28-10)29-20(31)14-15(21)16(22)17(23)18(24)19(14)25/h3-7H,21-24H2,1-2H3,(H,27,29,31). The van der Waals surface area contributed by atoms with Crippen LogP contribution in [-0.4, -0.2) is 56.8 Å². The molecular weight excluding hydrogens is 389 g/mol. The molecule has 11 heteroatoms. The minimum absolute atomic E-state index is 0.0505. The van der Waals surface area contributed by atoms with E-state index in [0.29, 0.717) is 22.3 Å². The second-order valence-electron chi connectivity index (χ2n) is 7.85. The van der Waals surface area contributed by atoms with Crippen LogP contribution in [0.1, 0.15) is 16.2 Å². The van der Waals surface area contributed by atoms with Crippen LogP contribution in [-0.2, 0) is 7.05 Å². The summed E-state index contributed by atoms with van der Waals surface area (Å²) in [6.07, 6.45) is 3.42. The van der Waals surface area contributed by atoms with E-state index in [2.05, 4.69) is 15.3 Å². The lowest BCUT2D eigenvalue weighted by Gasteiger charge is -2.16. The zero-order valence-electron chi connectivity index (χ0n) is 18.5. The van der Waals surface area contributed by atoms with Crippen molar-refractivity contribution in [3.63, 3.8) is 0 Å². The van der Waals surface area contributed by atoms with Gasteiger partial charge in [-0.05, 0) is 19.1 Å². The maximum absolute atomic E-state index is 14.9. The van der Waals surface area contributed by atoms with Gasteiger partial charge in [0.15, 0.2) is 0 Å². The monoisotopic (exact) mass is 409 g/mol. The fraction of sp³-hybridized carbons (Fsp3) is 0.100. The molecular formula is C20H20B4FN5O. The lowest BCUT2D eigenvalue weighted by Crippen LogP contribution is -2.52. The maximum Gasteiger partial charge on any atom is 0.259 e. The molecule has 1 amide bonds. The number of anilines is 1. The highest BCUT2D eigenvalue weighted by molar-refractivity contribution is 6.63. The number of pyridine rings is 2. The Morgan fingerprint density at radius 1 is 1.03 bits per heavy atom. The third-order valence-corrected chi connectivity index (χ3v) is 6.14. The van der Waals surface area contributed by atoms with E-state index < -0.39 is 11.7 Å². The Morgan fingerprint density at radius 2 is 1.74 bits per heavy atom. The van der Waals surface area contributed by atoms with Crippen LogP contribution in [0.25, 0.3) is 22.3 Å². The van der Waals surface area contributed by atoms with Crippen LogP contribution >= 0.6 is 0 Å². The quantitative estimate of drug-likeness (QED) is 0.362. The molecule has 6 nitrogen and oxygen atoms in total. The number of aryl methyl sites for hydroxylation is 1. The summed E-state index contributed by atoms with van der Waals surface area (Å²) >= 11 is 0. The Bertz CT molecular complexity index is 1340. The number of aromatic nitrogens is 4. The number of carbonyl (C=O) groups excluding carboxylic acids is 1. The largest absolute Gasteiger partial charge is 0.330 e. The first-order valence-corrected chi connectivity index (χ1v) is 10.0. The number of halogens is 1. The Morgan fingerprint density at radius 3 is 2.42 bits per heavy atom. The molecule has 1 aromatic carbocycles. The minimum Gasteiger partial charge on any atom is -0.330 e. The highest BCUT2D eigenvalue weighted by atomic mass is 19.1. The average Bonchev–Trinajstić information content (AvgIpc) is 3.09. The van der Waals surface area contributed by atoms with Crippen molar-refractivity contribution in [1.82, 2.24) is 19.5 Å². The molecule has 0 spiro atoms. The summed E-state index contributed by atoms with van der Waals surface area (Å²) in [6, 6.07) is 5.53. The molecule has 0 unspecified atom stereocenters. The van der Waals surface area contributed by atoms with Gasteiger partial charge in [-0.3, -0.25) is 4.79 Å². The first-order chi connectivity index (χ1) is 14.7.